The lowest BCUT2D eigenvalue weighted by Gasteiger charge is -1.96. The zero-order valence-corrected chi connectivity index (χ0v) is 7.81. The van der Waals surface area contributed by atoms with E-state index in [0.717, 1.165) is 0 Å². The van der Waals surface area contributed by atoms with Gasteiger partial charge in [0.05, 0.1) is 5.56 Å². The van der Waals surface area contributed by atoms with Crippen LogP contribution in [-0.2, 0) is 4.57 Å². The van der Waals surface area contributed by atoms with E-state index in [4.69, 9.17) is 25.2 Å². The van der Waals surface area contributed by atoms with Crippen LogP contribution in [0.2, 0.25) is 0 Å². The lowest BCUT2D eigenvalue weighted by atomic mass is 10.2. The van der Waals surface area contributed by atoms with E-state index < -0.39 is 14.2 Å². The summed E-state index contributed by atoms with van der Waals surface area (Å²) < 4.78 is 8.48. The van der Waals surface area contributed by atoms with E-state index in [2.05, 4.69) is 0 Å². The van der Waals surface area contributed by atoms with Crippen molar-refractivity contribution < 1.29 is 24.3 Å². The van der Waals surface area contributed by atoms with Gasteiger partial charge < -0.3 is 20.6 Å². The highest BCUT2D eigenvalue weighted by molar-refractivity contribution is 7.27. The van der Waals surface area contributed by atoms with Crippen LogP contribution < -0.4 is 15.5 Å². The molecule has 0 bridgehead atoms. The molecular formula is C7H7NO5P-. The van der Waals surface area contributed by atoms with Crippen molar-refractivity contribution >= 4 is 14.2 Å². The molecule has 0 heterocycles. The summed E-state index contributed by atoms with van der Waals surface area (Å²) in [6.45, 7) is 0. The molecule has 7 heteroatoms. The van der Waals surface area contributed by atoms with Crippen LogP contribution in [0.1, 0.15) is 10.4 Å². The molecule has 0 spiro atoms. The maximum absolute atomic E-state index is 10.5. The van der Waals surface area contributed by atoms with Crippen LogP contribution in [0.4, 0.5) is 0 Å². The highest BCUT2D eigenvalue weighted by atomic mass is 31.1. The Balaban J connectivity index is 0.000000364. The molecule has 76 valence electrons. The zero-order chi connectivity index (χ0) is 11.1. The smallest absolute Gasteiger partial charge is 0.276 e. The molecule has 0 atom stereocenters. The summed E-state index contributed by atoms with van der Waals surface area (Å²) >= 11 is 0. The summed E-state index contributed by atoms with van der Waals surface area (Å²) in [7, 11) is -3.37. The number of carbonyl (C=O) groups excluding carboxylic acids is 1. The van der Waals surface area contributed by atoms with E-state index in [0.29, 0.717) is 0 Å². The number of hydrogen-bond acceptors (Lipinski definition) is 5. The van der Waals surface area contributed by atoms with Crippen molar-refractivity contribution in [3.05, 3.63) is 29.8 Å². The summed E-state index contributed by atoms with van der Waals surface area (Å²) in [4.78, 5) is 27.4. The molecule has 1 aromatic rings. The number of aromatic hydroxyl groups is 1. The Morgan fingerprint density at radius 3 is 2.07 bits per heavy atom. The molecule has 0 saturated carbocycles. The monoisotopic (exact) mass is 216 g/mol. The van der Waals surface area contributed by atoms with Crippen LogP contribution in [0, 0.1) is 0 Å². The van der Waals surface area contributed by atoms with Crippen LogP contribution >= 0.6 is 8.25 Å². The Morgan fingerprint density at radius 1 is 1.36 bits per heavy atom. The van der Waals surface area contributed by atoms with Gasteiger partial charge in [0.15, 0.2) is 0 Å². The third-order valence-corrected chi connectivity index (χ3v) is 1.17. The maximum atomic E-state index is 10.5. The van der Waals surface area contributed by atoms with Gasteiger partial charge in [-0.15, -0.1) is 0 Å². The second-order valence-electron chi connectivity index (χ2n) is 2.11. The fourth-order valence-corrected chi connectivity index (χ4v) is 0.682. The Hall–Kier alpha value is -1.49. The first-order valence-corrected chi connectivity index (χ1v) is 4.44. The highest BCUT2D eigenvalue weighted by Crippen LogP contribution is 2.13. The van der Waals surface area contributed by atoms with Crippen LogP contribution in [-0.4, -0.2) is 11.0 Å². The number of nitrogens with two attached hydrogens (primary N) is 1. The predicted octanol–water partition coefficient (Wildman–Crippen LogP) is -1.14. The van der Waals surface area contributed by atoms with Crippen LogP contribution in [0.5, 0.6) is 5.75 Å². The molecule has 6 nitrogen and oxygen atoms in total. The van der Waals surface area contributed by atoms with Crippen LogP contribution in [0.25, 0.3) is 0 Å². The van der Waals surface area contributed by atoms with Gasteiger partial charge in [-0.2, -0.15) is 0 Å². The predicted molar refractivity (Wildman–Crippen MR) is 44.2 cm³/mol. The number of rotatable bonds is 1. The van der Waals surface area contributed by atoms with Gasteiger partial charge in [-0.3, -0.25) is 4.79 Å². The summed E-state index contributed by atoms with van der Waals surface area (Å²) in [5, 5.41) is 8.98. The van der Waals surface area contributed by atoms with Crippen molar-refractivity contribution in [1.82, 2.24) is 0 Å². The van der Waals surface area contributed by atoms with Crippen molar-refractivity contribution in [2.75, 3.05) is 0 Å². The Bertz CT molecular complexity index is 337. The number of phenols is 1. The number of para-hydroxylation sites is 1. The molecule has 0 radical (unpaired) electrons. The topological polar surface area (TPSA) is 127 Å². The molecule has 0 fully saturated rings. The fraction of sp³-hybridized carbons (Fsp3) is 0. The molecule has 0 unspecified atom stereocenters. The largest absolute Gasteiger partial charge is 0.598 e. The lowest BCUT2D eigenvalue weighted by Crippen LogP contribution is -2.10. The van der Waals surface area contributed by atoms with E-state index in [1.54, 1.807) is 12.1 Å². The van der Waals surface area contributed by atoms with Crippen LogP contribution in [0.3, 0.4) is 0 Å². The molecule has 1 aromatic carbocycles. The zero-order valence-electron chi connectivity index (χ0n) is 6.91. The molecule has 0 aliphatic rings. The van der Waals surface area contributed by atoms with Gasteiger partial charge in [0.1, 0.15) is 5.75 Å². The lowest BCUT2D eigenvalue weighted by molar-refractivity contribution is -0.297. The summed E-state index contributed by atoms with van der Waals surface area (Å²) in [5.41, 5.74) is 5.07. The molecule has 1 rings (SSSR count). The molecule has 0 aliphatic heterocycles. The maximum Gasteiger partial charge on any atom is 0.276 e. The Morgan fingerprint density at radius 2 is 1.79 bits per heavy atom. The average Bonchev–Trinajstić information content (AvgIpc) is 2.03. The molecule has 0 aliphatic carbocycles. The molecule has 3 N–H and O–H groups in total. The second-order valence-corrected chi connectivity index (χ2v) is 2.55. The number of benzene rings is 1. The number of hydrogen-bond donors (Lipinski definition) is 2. The highest BCUT2D eigenvalue weighted by Gasteiger charge is 2.03. The standard InChI is InChI=1S/C7H7NO2.HO3P/c8-7(10)5-3-1-2-4-6(5)9;1-4(2)3/h1-4,9H,(H2,8,10);(H,1,2,3)/p-1. The molecule has 14 heavy (non-hydrogen) atoms. The third-order valence-electron chi connectivity index (χ3n) is 1.17. The Labute approximate surface area is 80.6 Å². The van der Waals surface area contributed by atoms with Gasteiger partial charge >= 0.3 is 0 Å². The third kappa shape index (κ3) is 5.21. The molecule has 1 amide bonds. The quantitative estimate of drug-likeness (QED) is 0.573. The first kappa shape index (κ1) is 12.5. The average molecular weight is 216 g/mol. The first-order valence-electron chi connectivity index (χ1n) is 3.34. The minimum Gasteiger partial charge on any atom is -0.598 e. The van der Waals surface area contributed by atoms with Gasteiger partial charge in [-0.1, -0.05) is 16.7 Å². The van der Waals surface area contributed by atoms with Gasteiger partial charge in [-0.25, -0.2) is 0 Å². The SMILES string of the molecule is NC(=O)c1ccccc1O.O=[P+]([O-])[O-]. The van der Waals surface area contributed by atoms with E-state index in [1.165, 1.54) is 12.1 Å². The summed E-state index contributed by atoms with van der Waals surface area (Å²) in [5.74, 6) is -0.687. The van der Waals surface area contributed by atoms with Gasteiger partial charge in [-0.05, 0) is 12.1 Å². The van der Waals surface area contributed by atoms with Gasteiger partial charge in [0, 0.05) is 0 Å². The molecule has 0 aromatic heterocycles. The minimum absolute atomic E-state index is 0.0741. The number of carbonyl (C=O) groups is 1. The molecule has 0 saturated heterocycles. The van der Waals surface area contributed by atoms with Crippen molar-refractivity contribution in [2.45, 2.75) is 0 Å². The fourth-order valence-electron chi connectivity index (χ4n) is 0.682. The number of amides is 1. The summed E-state index contributed by atoms with van der Waals surface area (Å²) in [6.07, 6.45) is 0. The van der Waals surface area contributed by atoms with E-state index >= 15 is 0 Å². The normalized spacial score (nSPS) is 8.43. The van der Waals surface area contributed by atoms with E-state index in [-0.39, 0.29) is 11.3 Å². The Kier molecular flexibility index (Phi) is 5.40. The van der Waals surface area contributed by atoms with Gasteiger partial charge in [0.25, 0.3) is 14.2 Å². The van der Waals surface area contributed by atoms with Gasteiger partial charge in [0.2, 0.25) is 0 Å². The second kappa shape index (κ2) is 6.04. The van der Waals surface area contributed by atoms with E-state index in [9.17, 15) is 4.79 Å². The number of primary amides is 1. The minimum atomic E-state index is -3.37. The van der Waals surface area contributed by atoms with Crippen LogP contribution in [0.15, 0.2) is 24.3 Å². The molecular weight excluding hydrogens is 209 g/mol. The van der Waals surface area contributed by atoms with Crippen molar-refractivity contribution in [3.8, 4) is 5.75 Å². The first-order chi connectivity index (χ1) is 6.45. The van der Waals surface area contributed by atoms with Crippen molar-refractivity contribution in [3.63, 3.8) is 0 Å². The van der Waals surface area contributed by atoms with E-state index in [1.807, 2.05) is 0 Å². The summed E-state index contributed by atoms with van der Waals surface area (Å²) in [6, 6.07) is 6.15. The van der Waals surface area contributed by atoms with Crippen molar-refractivity contribution in [2.24, 2.45) is 5.73 Å². The van der Waals surface area contributed by atoms with Crippen molar-refractivity contribution in [1.29, 1.82) is 0 Å².